The van der Waals surface area contributed by atoms with Crippen LogP contribution in [0.4, 0.5) is 0 Å². The van der Waals surface area contributed by atoms with Gasteiger partial charge in [0, 0.05) is 21.7 Å². The van der Waals surface area contributed by atoms with Gasteiger partial charge in [0.05, 0.1) is 19.2 Å². The van der Waals surface area contributed by atoms with Crippen LogP contribution < -0.4 is 0 Å². The van der Waals surface area contributed by atoms with E-state index in [2.05, 4.69) is 18.0 Å². The summed E-state index contributed by atoms with van der Waals surface area (Å²) in [6, 6.07) is 3.91. The Morgan fingerprint density at radius 2 is 2.08 bits per heavy atom. The van der Waals surface area contributed by atoms with Crippen LogP contribution in [-0.4, -0.2) is 52.5 Å². The smallest absolute Gasteiger partial charge is 0.273 e. The summed E-state index contributed by atoms with van der Waals surface area (Å²) in [6.07, 6.45) is 0.710. The van der Waals surface area contributed by atoms with Crippen LogP contribution in [0.3, 0.4) is 0 Å². The predicted molar refractivity (Wildman–Crippen MR) is 99.6 cm³/mol. The normalized spacial score (nSPS) is 12.6. The van der Waals surface area contributed by atoms with E-state index < -0.39 is 0 Å². The molecule has 2 heterocycles. The molecular weight excluding hydrogens is 342 g/mol. The summed E-state index contributed by atoms with van der Waals surface area (Å²) in [5.41, 5.74) is 0.469. The summed E-state index contributed by atoms with van der Waals surface area (Å²) in [4.78, 5) is 23.6. The third kappa shape index (κ3) is 4.86. The van der Waals surface area contributed by atoms with Gasteiger partial charge in [0.1, 0.15) is 10.7 Å². The van der Waals surface area contributed by atoms with Crippen molar-refractivity contribution in [3.05, 3.63) is 38.0 Å². The quantitative estimate of drug-likeness (QED) is 0.779. The molecule has 1 amide bonds. The summed E-state index contributed by atoms with van der Waals surface area (Å²) >= 11 is 3.18. The van der Waals surface area contributed by atoms with Crippen LogP contribution in [0, 0.1) is 6.92 Å². The molecule has 0 aliphatic rings. The number of aromatic nitrogens is 1. The average Bonchev–Trinajstić information content (AvgIpc) is 3.15. The lowest BCUT2D eigenvalue weighted by molar-refractivity contribution is 0.0561. The van der Waals surface area contributed by atoms with E-state index in [9.17, 15) is 9.90 Å². The third-order valence-corrected chi connectivity index (χ3v) is 5.55. The van der Waals surface area contributed by atoms with Crippen LogP contribution in [0.5, 0.6) is 0 Å². The number of hydrogen-bond acceptors (Lipinski definition) is 6. The topological polar surface area (TPSA) is 56.7 Å². The van der Waals surface area contributed by atoms with Crippen molar-refractivity contribution in [2.75, 3.05) is 20.7 Å². The number of rotatable bonds is 8. The molecule has 0 saturated carbocycles. The molecule has 0 radical (unpaired) electrons. The molecule has 1 N–H and O–H groups in total. The number of hydrogen-bond donors (Lipinski definition) is 1. The molecule has 0 aliphatic carbocycles. The Morgan fingerprint density at radius 3 is 2.62 bits per heavy atom. The Bertz CT molecular complexity index is 662. The van der Waals surface area contributed by atoms with Crippen molar-refractivity contribution in [1.82, 2.24) is 14.8 Å². The lowest BCUT2D eigenvalue weighted by Crippen LogP contribution is -2.41. The minimum absolute atomic E-state index is 0.0404. The first kappa shape index (κ1) is 19.1. The SMILES string of the molecule is CC[C@H](CO)N(Cc1ccc(C)s1)C(=O)c1csc(CN(C)C)n1. The van der Waals surface area contributed by atoms with E-state index in [1.807, 2.05) is 37.4 Å². The largest absolute Gasteiger partial charge is 0.394 e. The molecule has 0 unspecified atom stereocenters. The lowest BCUT2D eigenvalue weighted by Gasteiger charge is -2.29. The first-order chi connectivity index (χ1) is 11.4. The number of aryl methyl sites for hydroxylation is 1. The lowest BCUT2D eigenvalue weighted by atomic mass is 10.2. The van der Waals surface area contributed by atoms with Gasteiger partial charge in [0.25, 0.3) is 5.91 Å². The molecule has 0 spiro atoms. The number of thiazole rings is 1. The molecule has 0 aromatic carbocycles. The number of carbonyl (C=O) groups is 1. The highest BCUT2D eigenvalue weighted by atomic mass is 32.1. The zero-order valence-electron chi connectivity index (χ0n) is 14.7. The minimum atomic E-state index is -0.195. The van der Waals surface area contributed by atoms with E-state index in [-0.39, 0.29) is 18.6 Å². The zero-order chi connectivity index (χ0) is 17.7. The van der Waals surface area contributed by atoms with E-state index in [1.54, 1.807) is 16.2 Å². The third-order valence-electron chi connectivity index (χ3n) is 3.73. The molecule has 2 aromatic rings. The van der Waals surface area contributed by atoms with E-state index >= 15 is 0 Å². The van der Waals surface area contributed by atoms with Crippen molar-refractivity contribution >= 4 is 28.6 Å². The second-order valence-electron chi connectivity index (χ2n) is 6.05. The van der Waals surface area contributed by atoms with Crippen LogP contribution >= 0.6 is 22.7 Å². The van der Waals surface area contributed by atoms with Crippen LogP contribution in [0.1, 0.15) is 38.6 Å². The molecule has 1 atom stereocenters. The fourth-order valence-corrected chi connectivity index (χ4v) is 4.23. The molecule has 7 heteroatoms. The number of carbonyl (C=O) groups excluding carboxylic acids is 1. The van der Waals surface area contributed by atoms with Crippen molar-refractivity contribution in [1.29, 1.82) is 0 Å². The maximum atomic E-state index is 13.0. The van der Waals surface area contributed by atoms with E-state index in [4.69, 9.17) is 0 Å². The monoisotopic (exact) mass is 367 g/mol. The van der Waals surface area contributed by atoms with Crippen LogP contribution in [0.2, 0.25) is 0 Å². The second-order valence-corrected chi connectivity index (χ2v) is 8.37. The van der Waals surface area contributed by atoms with Gasteiger partial charge in [-0.2, -0.15) is 0 Å². The Kier molecular flexibility index (Phi) is 6.91. The van der Waals surface area contributed by atoms with Crippen molar-refractivity contribution in [3.63, 3.8) is 0 Å². The van der Waals surface area contributed by atoms with E-state index in [0.29, 0.717) is 18.7 Å². The maximum absolute atomic E-state index is 13.0. The average molecular weight is 368 g/mol. The summed E-state index contributed by atoms with van der Waals surface area (Å²) in [5.74, 6) is -0.108. The second kappa shape index (κ2) is 8.71. The first-order valence-electron chi connectivity index (χ1n) is 8.00. The minimum Gasteiger partial charge on any atom is -0.394 e. The molecule has 5 nitrogen and oxygen atoms in total. The van der Waals surface area contributed by atoms with Gasteiger partial charge in [-0.15, -0.1) is 22.7 Å². The van der Waals surface area contributed by atoms with Gasteiger partial charge in [0.2, 0.25) is 0 Å². The molecule has 2 aromatic heterocycles. The van der Waals surface area contributed by atoms with Gasteiger partial charge in [-0.1, -0.05) is 6.92 Å². The van der Waals surface area contributed by atoms with Gasteiger partial charge in [-0.25, -0.2) is 4.98 Å². The Morgan fingerprint density at radius 1 is 1.33 bits per heavy atom. The highest BCUT2D eigenvalue weighted by Crippen LogP contribution is 2.22. The van der Waals surface area contributed by atoms with Gasteiger partial charge < -0.3 is 14.9 Å². The molecule has 132 valence electrons. The Labute approximate surface area is 151 Å². The number of thiophene rings is 1. The molecule has 0 bridgehead atoms. The van der Waals surface area contributed by atoms with Gasteiger partial charge in [-0.3, -0.25) is 4.79 Å². The molecular formula is C17H25N3O2S2. The van der Waals surface area contributed by atoms with Crippen LogP contribution in [0.25, 0.3) is 0 Å². The number of amides is 1. The number of aliphatic hydroxyl groups is 1. The van der Waals surface area contributed by atoms with E-state index in [1.165, 1.54) is 16.2 Å². The first-order valence-corrected chi connectivity index (χ1v) is 9.70. The summed E-state index contributed by atoms with van der Waals surface area (Å²) in [7, 11) is 3.96. The molecule has 24 heavy (non-hydrogen) atoms. The van der Waals surface area contributed by atoms with Crippen LogP contribution in [-0.2, 0) is 13.1 Å². The molecule has 2 rings (SSSR count). The van der Waals surface area contributed by atoms with Gasteiger partial charge in [0.15, 0.2) is 0 Å². The highest BCUT2D eigenvalue weighted by molar-refractivity contribution is 7.11. The zero-order valence-corrected chi connectivity index (χ0v) is 16.3. The number of nitrogens with zero attached hydrogens (tertiary/aromatic N) is 3. The standard InChI is InChI=1S/C17H25N3O2S2/c1-5-13(10-21)20(8-14-7-6-12(2)24-14)17(22)15-11-23-16(18-15)9-19(3)4/h6-7,11,13,21H,5,8-10H2,1-4H3/t13-/m1/s1. The molecule has 0 aliphatic heterocycles. The molecule has 0 saturated heterocycles. The van der Waals surface area contributed by atoms with Crippen molar-refractivity contribution < 1.29 is 9.90 Å². The summed E-state index contributed by atoms with van der Waals surface area (Å²) in [5, 5.41) is 12.4. The van der Waals surface area contributed by atoms with Crippen molar-refractivity contribution in [2.24, 2.45) is 0 Å². The van der Waals surface area contributed by atoms with Crippen molar-refractivity contribution in [2.45, 2.75) is 39.4 Å². The van der Waals surface area contributed by atoms with E-state index in [0.717, 1.165) is 16.4 Å². The fraction of sp³-hybridized carbons (Fsp3) is 0.529. The maximum Gasteiger partial charge on any atom is 0.273 e. The van der Waals surface area contributed by atoms with Gasteiger partial charge in [-0.05, 0) is 39.6 Å². The summed E-state index contributed by atoms with van der Waals surface area (Å²) < 4.78 is 0. The Hall–Kier alpha value is -1.28. The molecule has 0 fully saturated rings. The summed E-state index contributed by atoms with van der Waals surface area (Å²) in [6.45, 7) is 5.23. The fourth-order valence-electron chi connectivity index (χ4n) is 2.45. The highest BCUT2D eigenvalue weighted by Gasteiger charge is 2.25. The Balaban J connectivity index is 2.21. The van der Waals surface area contributed by atoms with Crippen LogP contribution in [0.15, 0.2) is 17.5 Å². The predicted octanol–water partition coefficient (Wildman–Crippen LogP) is 2.99. The van der Waals surface area contributed by atoms with Crippen molar-refractivity contribution in [3.8, 4) is 0 Å². The number of aliphatic hydroxyl groups excluding tert-OH is 1. The van der Waals surface area contributed by atoms with Gasteiger partial charge >= 0.3 is 0 Å².